The second-order valence-corrected chi connectivity index (χ2v) is 7.05. The number of carboxylic acid groups (broad SMARTS) is 1. The molecule has 1 aromatic carbocycles. The number of nitrogens with zero attached hydrogens (tertiary/aromatic N) is 3. The second kappa shape index (κ2) is 7.62. The lowest BCUT2D eigenvalue weighted by atomic mass is 10.1. The van der Waals surface area contributed by atoms with E-state index in [9.17, 15) is 19.7 Å². The van der Waals surface area contributed by atoms with E-state index in [1.54, 1.807) is 31.1 Å². The van der Waals surface area contributed by atoms with Crippen LogP contribution in [0.5, 0.6) is 0 Å². The maximum atomic E-state index is 12.3. The van der Waals surface area contributed by atoms with E-state index >= 15 is 0 Å². The molecule has 25 heavy (non-hydrogen) atoms. The molecule has 0 aromatic heterocycles. The number of carboxylic acids is 1. The molecular weight excluding hydrogens is 366 g/mol. The Hall–Kier alpha value is -2.46. The zero-order valence-corrected chi connectivity index (χ0v) is 15.1. The minimum atomic E-state index is -1.02. The highest BCUT2D eigenvalue weighted by atomic mass is 32.2. The first-order chi connectivity index (χ1) is 11.7. The van der Waals surface area contributed by atoms with Crippen LogP contribution < -0.4 is 4.90 Å². The Balaban J connectivity index is 2.30. The van der Waals surface area contributed by atoms with E-state index in [1.165, 1.54) is 17.0 Å². The lowest BCUT2D eigenvalue weighted by Crippen LogP contribution is -2.30. The van der Waals surface area contributed by atoms with Crippen LogP contribution in [0.4, 0.5) is 11.4 Å². The molecule has 0 radical (unpaired) electrons. The van der Waals surface area contributed by atoms with Crippen LogP contribution >= 0.6 is 24.0 Å². The van der Waals surface area contributed by atoms with E-state index in [-0.39, 0.29) is 23.0 Å². The predicted molar refractivity (Wildman–Crippen MR) is 99.6 cm³/mol. The molecule has 1 fully saturated rings. The van der Waals surface area contributed by atoms with E-state index in [2.05, 4.69) is 0 Å². The third-order valence-electron chi connectivity index (χ3n) is 3.40. The van der Waals surface area contributed by atoms with Crippen LogP contribution in [0.3, 0.4) is 0 Å². The van der Waals surface area contributed by atoms with Crippen molar-refractivity contribution in [1.29, 1.82) is 0 Å². The number of thiocarbonyl (C=S) groups is 1. The smallest absolute Gasteiger partial charge is 0.305 e. The summed E-state index contributed by atoms with van der Waals surface area (Å²) in [5.41, 5.74) is 0.882. The second-order valence-electron chi connectivity index (χ2n) is 5.38. The Kier molecular flexibility index (Phi) is 5.75. The standard InChI is InChI=1S/C15H15N3O5S2/c1-16(2)10-4-3-9(7-11(10)18(22)23)8-12-14(21)17(15(24)25-12)6-5-13(19)20/h3-4,7-8H,5-6H2,1-2H3,(H,19,20). The highest BCUT2D eigenvalue weighted by Crippen LogP contribution is 2.34. The first-order valence-electron chi connectivity index (χ1n) is 7.13. The zero-order chi connectivity index (χ0) is 18.7. The van der Waals surface area contributed by atoms with Gasteiger partial charge < -0.3 is 10.0 Å². The van der Waals surface area contributed by atoms with Gasteiger partial charge in [0.05, 0.1) is 16.2 Å². The van der Waals surface area contributed by atoms with Gasteiger partial charge in [0.25, 0.3) is 11.6 Å². The van der Waals surface area contributed by atoms with Crippen molar-refractivity contribution >= 4 is 57.6 Å². The van der Waals surface area contributed by atoms with Gasteiger partial charge in [0.1, 0.15) is 10.0 Å². The topological polar surface area (TPSA) is 104 Å². The Morgan fingerprint density at radius 3 is 2.72 bits per heavy atom. The maximum absolute atomic E-state index is 12.3. The quantitative estimate of drug-likeness (QED) is 0.347. The number of amides is 1. The van der Waals surface area contributed by atoms with E-state index in [1.807, 2.05) is 0 Å². The van der Waals surface area contributed by atoms with Crippen molar-refractivity contribution in [2.75, 3.05) is 25.5 Å². The Bertz CT molecular complexity index is 791. The normalized spacial score (nSPS) is 15.8. The van der Waals surface area contributed by atoms with Crippen molar-refractivity contribution in [2.24, 2.45) is 0 Å². The molecule has 1 aliphatic rings. The number of rotatable bonds is 6. The van der Waals surface area contributed by atoms with Crippen molar-refractivity contribution in [3.8, 4) is 0 Å². The van der Waals surface area contributed by atoms with Crippen LogP contribution in [0.2, 0.25) is 0 Å². The average Bonchev–Trinajstić information content (AvgIpc) is 2.78. The molecule has 1 saturated heterocycles. The minimum absolute atomic E-state index is 0.00292. The molecule has 0 unspecified atom stereocenters. The van der Waals surface area contributed by atoms with Gasteiger partial charge in [-0.1, -0.05) is 30.0 Å². The minimum Gasteiger partial charge on any atom is -0.481 e. The Labute approximate surface area is 153 Å². The van der Waals surface area contributed by atoms with Gasteiger partial charge in [-0.25, -0.2) is 0 Å². The number of hydrogen-bond donors (Lipinski definition) is 1. The molecule has 10 heteroatoms. The van der Waals surface area contributed by atoms with E-state index < -0.39 is 16.8 Å². The van der Waals surface area contributed by atoms with Gasteiger partial charge in [-0.3, -0.25) is 24.6 Å². The molecule has 0 bridgehead atoms. The van der Waals surface area contributed by atoms with Gasteiger partial charge in [0.2, 0.25) is 0 Å². The number of thioether (sulfide) groups is 1. The largest absolute Gasteiger partial charge is 0.481 e. The molecule has 1 aliphatic heterocycles. The van der Waals surface area contributed by atoms with Gasteiger partial charge in [-0.15, -0.1) is 0 Å². The Morgan fingerprint density at radius 2 is 2.16 bits per heavy atom. The van der Waals surface area contributed by atoms with Crippen LogP contribution in [0.1, 0.15) is 12.0 Å². The summed E-state index contributed by atoms with van der Waals surface area (Å²) in [6.45, 7) is -0.00292. The van der Waals surface area contributed by atoms with Crippen LogP contribution in [0.25, 0.3) is 6.08 Å². The summed E-state index contributed by atoms with van der Waals surface area (Å²) in [7, 11) is 3.41. The predicted octanol–water partition coefficient (Wildman–Crippen LogP) is 2.34. The molecule has 0 saturated carbocycles. The number of carbonyl (C=O) groups is 2. The number of benzene rings is 1. The lowest BCUT2D eigenvalue weighted by Gasteiger charge is -2.13. The van der Waals surface area contributed by atoms with E-state index in [0.29, 0.717) is 16.2 Å². The molecule has 1 amide bonds. The summed E-state index contributed by atoms with van der Waals surface area (Å²) in [6, 6.07) is 4.67. The van der Waals surface area contributed by atoms with E-state index in [4.69, 9.17) is 17.3 Å². The molecule has 1 heterocycles. The van der Waals surface area contributed by atoms with E-state index in [0.717, 1.165) is 11.8 Å². The van der Waals surface area contributed by atoms with Crippen LogP contribution in [-0.4, -0.2) is 51.8 Å². The van der Waals surface area contributed by atoms with Gasteiger partial charge in [-0.05, 0) is 17.7 Å². The van der Waals surface area contributed by atoms with Crippen molar-refractivity contribution in [1.82, 2.24) is 4.90 Å². The number of hydrogen-bond acceptors (Lipinski definition) is 7. The lowest BCUT2D eigenvalue weighted by molar-refractivity contribution is -0.384. The molecule has 1 N–H and O–H groups in total. The molecule has 8 nitrogen and oxygen atoms in total. The number of aliphatic carboxylic acids is 1. The molecular formula is C15H15N3O5S2. The van der Waals surface area contributed by atoms with Crippen molar-refractivity contribution in [3.05, 3.63) is 38.8 Å². The number of carbonyl (C=O) groups excluding carboxylic acids is 1. The SMILES string of the molecule is CN(C)c1ccc(C=C2SC(=S)N(CCC(=O)O)C2=O)cc1[N+](=O)[O-]. The van der Waals surface area contributed by atoms with Crippen molar-refractivity contribution in [2.45, 2.75) is 6.42 Å². The molecule has 132 valence electrons. The fourth-order valence-corrected chi connectivity index (χ4v) is 3.51. The molecule has 0 aliphatic carbocycles. The fraction of sp³-hybridized carbons (Fsp3) is 0.267. The monoisotopic (exact) mass is 381 g/mol. The van der Waals surface area contributed by atoms with Gasteiger partial charge >= 0.3 is 5.97 Å². The zero-order valence-electron chi connectivity index (χ0n) is 13.5. The molecule has 1 aromatic rings. The summed E-state index contributed by atoms with van der Waals surface area (Å²) in [4.78, 5) is 36.9. The van der Waals surface area contributed by atoms with Gasteiger partial charge in [0, 0.05) is 26.7 Å². The van der Waals surface area contributed by atoms with Gasteiger partial charge in [0.15, 0.2) is 0 Å². The van der Waals surface area contributed by atoms with Crippen LogP contribution in [0.15, 0.2) is 23.1 Å². The third-order valence-corrected chi connectivity index (χ3v) is 4.78. The first-order valence-corrected chi connectivity index (χ1v) is 8.36. The van der Waals surface area contributed by atoms with Crippen molar-refractivity contribution < 1.29 is 19.6 Å². The number of nitro groups is 1. The fourth-order valence-electron chi connectivity index (χ4n) is 2.21. The third kappa shape index (κ3) is 4.34. The summed E-state index contributed by atoms with van der Waals surface area (Å²) >= 11 is 6.15. The molecule has 0 atom stereocenters. The molecule has 0 spiro atoms. The summed E-state index contributed by atoms with van der Waals surface area (Å²) < 4.78 is 0.275. The van der Waals surface area contributed by atoms with Crippen LogP contribution in [0, 0.1) is 10.1 Å². The number of nitro benzene ring substituents is 1. The summed E-state index contributed by atoms with van der Waals surface area (Å²) in [5.74, 6) is -1.41. The molecule has 2 rings (SSSR count). The Morgan fingerprint density at radius 1 is 1.48 bits per heavy atom. The summed E-state index contributed by atoms with van der Waals surface area (Å²) in [6.07, 6.45) is 1.31. The first kappa shape index (κ1) is 18.9. The highest BCUT2D eigenvalue weighted by molar-refractivity contribution is 8.26. The van der Waals surface area contributed by atoms with Crippen LogP contribution in [-0.2, 0) is 9.59 Å². The number of anilines is 1. The summed E-state index contributed by atoms with van der Waals surface area (Å²) in [5, 5.41) is 20.0. The highest BCUT2D eigenvalue weighted by Gasteiger charge is 2.32. The average molecular weight is 381 g/mol. The van der Waals surface area contributed by atoms with Crippen molar-refractivity contribution in [3.63, 3.8) is 0 Å². The maximum Gasteiger partial charge on any atom is 0.305 e. The van der Waals surface area contributed by atoms with Gasteiger partial charge in [-0.2, -0.15) is 0 Å².